The Morgan fingerprint density at radius 1 is 1.26 bits per heavy atom. The number of amides is 1. The summed E-state index contributed by atoms with van der Waals surface area (Å²) in [6, 6.07) is 10.8. The maximum Gasteiger partial charge on any atom is 0.241 e. The van der Waals surface area contributed by atoms with E-state index in [9.17, 15) is 17.6 Å². The molecule has 0 aliphatic rings. The Morgan fingerprint density at radius 2 is 2.00 bits per heavy atom. The Balaban J connectivity index is 1.66. The van der Waals surface area contributed by atoms with Gasteiger partial charge in [-0.25, -0.2) is 22.5 Å². The van der Waals surface area contributed by atoms with Crippen LogP contribution in [0.25, 0.3) is 10.2 Å². The van der Waals surface area contributed by atoms with Crippen molar-refractivity contribution in [2.75, 3.05) is 13.6 Å². The molecule has 0 bridgehead atoms. The van der Waals surface area contributed by atoms with Crippen LogP contribution in [-0.4, -0.2) is 37.8 Å². The first-order valence-corrected chi connectivity index (χ1v) is 10.4. The molecule has 0 saturated heterocycles. The molecule has 27 heavy (non-hydrogen) atoms. The van der Waals surface area contributed by atoms with Crippen LogP contribution in [-0.2, 0) is 21.4 Å². The van der Waals surface area contributed by atoms with Crippen molar-refractivity contribution in [2.45, 2.75) is 18.4 Å². The lowest BCUT2D eigenvalue weighted by molar-refractivity contribution is -0.129. The van der Waals surface area contributed by atoms with E-state index in [1.807, 2.05) is 6.92 Å². The van der Waals surface area contributed by atoms with Crippen molar-refractivity contribution in [2.24, 2.45) is 0 Å². The number of fused-ring (bicyclic) bond motifs is 1. The number of nitrogens with zero attached hydrogens (tertiary/aromatic N) is 2. The van der Waals surface area contributed by atoms with Gasteiger partial charge < -0.3 is 4.90 Å². The second-order valence-electron chi connectivity index (χ2n) is 6.03. The highest BCUT2D eigenvalue weighted by Crippen LogP contribution is 2.24. The molecule has 0 radical (unpaired) electrons. The normalized spacial score (nSPS) is 11.7. The number of hydrogen-bond donors (Lipinski definition) is 1. The standard InChI is InChI=1S/C18H18FN3O3S2/c1-12-21-16-8-7-14(9-17(16)26-12)27(24,25)20-10-18(23)22(2)11-13-5-3-4-6-15(13)19/h3-9,20H,10-11H2,1-2H3. The minimum Gasteiger partial charge on any atom is -0.340 e. The van der Waals surface area contributed by atoms with Gasteiger partial charge in [0, 0.05) is 19.2 Å². The van der Waals surface area contributed by atoms with E-state index in [0.717, 1.165) is 15.2 Å². The van der Waals surface area contributed by atoms with Gasteiger partial charge in [0.15, 0.2) is 0 Å². The van der Waals surface area contributed by atoms with Crippen LogP contribution in [0.15, 0.2) is 47.4 Å². The van der Waals surface area contributed by atoms with Crippen LogP contribution in [0.5, 0.6) is 0 Å². The molecule has 0 fully saturated rings. The lowest BCUT2D eigenvalue weighted by atomic mass is 10.2. The van der Waals surface area contributed by atoms with E-state index in [-0.39, 0.29) is 11.4 Å². The van der Waals surface area contributed by atoms with E-state index < -0.39 is 28.3 Å². The van der Waals surface area contributed by atoms with Crippen molar-refractivity contribution >= 4 is 37.5 Å². The number of benzene rings is 2. The third-order valence-corrected chi connectivity index (χ3v) is 6.31. The molecular formula is C18H18FN3O3S2. The highest BCUT2D eigenvalue weighted by molar-refractivity contribution is 7.89. The number of nitrogens with one attached hydrogen (secondary N) is 1. The summed E-state index contributed by atoms with van der Waals surface area (Å²) in [5.41, 5.74) is 1.10. The summed E-state index contributed by atoms with van der Waals surface area (Å²) < 4.78 is 41.7. The third kappa shape index (κ3) is 4.49. The molecule has 0 unspecified atom stereocenters. The number of carbonyl (C=O) groups excluding carboxylic acids is 1. The lowest BCUT2D eigenvalue weighted by Gasteiger charge is -2.18. The second kappa shape index (κ2) is 7.71. The van der Waals surface area contributed by atoms with Crippen molar-refractivity contribution in [3.63, 3.8) is 0 Å². The zero-order valence-corrected chi connectivity index (χ0v) is 16.4. The zero-order chi connectivity index (χ0) is 19.6. The Hall–Kier alpha value is -2.36. The molecular weight excluding hydrogens is 389 g/mol. The molecule has 0 spiro atoms. The predicted octanol–water partition coefficient (Wildman–Crippen LogP) is 2.68. The van der Waals surface area contributed by atoms with Gasteiger partial charge in [-0.15, -0.1) is 11.3 Å². The second-order valence-corrected chi connectivity index (χ2v) is 9.03. The third-order valence-electron chi connectivity index (χ3n) is 3.98. The van der Waals surface area contributed by atoms with Gasteiger partial charge in [-0.3, -0.25) is 4.79 Å². The molecule has 2 aromatic carbocycles. The van der Waals surface area contributed by atoms with Gasteiger partial charge in [0.1, 0.15) is 5.82 Å². The molecule has 0 aliphatic carbocycles. The molecule has 0 aliphatic heterocycles. The van der Waals surface area contributed by atoms with Crippen LogP contribution in [0.1, 0.15) is 10.6 Å². The first-order valence-electron chi connectivity index (χ1n) is 8.10. The molecule has 3 aromatic rings. The molecule has 6 nitrogen and oxygen atoms in total. The van der Waals surface area contributed by atoms with E-state index in [1.165, 1.54) is 41.5 Å². The van der Waals surface area contributed by atoms with E-state index in [0.29, 0.717) is 5.56 Å². The molecule has 1 amide bonds. The highest BCUT2D eigenvalue weighted by atomic mass is 32.2. The zero-order valence-electron chi connectivity index (χ0n) is 14.8. The number of aromatic nitrogens is 1. The number of aryl methyl sites for hydroxylation is 1. The number of rotatable bonds is 6. The van der Waals surface area contributed by atoms with Gasteiger partial charge in [-0.2, -0.15) is 0 Å². The topological polar surface area (TPSA) is 79.4 Å². The molecule has 1 N–H and O–H groups in total. The van der Waals surface area contributed by atoms with Crippen LogP contribution >= 0.6 is 11.3 Å². The lowest BCUT2D eigenvalue weighted by Crippen LogP contribution is -2.37. The van der Waals surface area contributed by atoms with Gasteiger partial charge in [0.05, 0.1) is 26.7 Å². The van der Waals surface area contributed by atoms with Crippen molar-refractivity contribution in [1.82, 2.24) is 14.6 Å². The summed E-state index contributed by atoms with van der Waals surface area (Å²) in [5, 5.41) is 0.845. The summed E-state index contributed by atoms with van der Waals surface area (Å²) in [6.07, 6.45) is 0. The maximum absolute atomic E-state index is 13.7. The van der Waals surface area contributed by atoms with Gasteiger partial charge in [0.25, 0.3) is 0 Å². The fourth-order valence-corrected chi connectivity index (χ4v) is 4.47. The van der Waals surface area contributed by atoms with Crippen molar-refractivity contribution in [3.8, 4) is 0 Å². The van der Waals surface area contributed by atoms with Gasteiger partial charge in [-0.05, 0) is 31.2 Å². The van der Waals surface area contributed by atoms with Crippen LogP contribution in [0, 0.1) is 12.7 Å². The van der Waals surface area contributed by atoms with Crippen LogP contribution < -0.4 is 4.72 Å². The minimum absolute atomic E-state index is 0.0549. The first kappa shape index (κ1) is 19.4. The molecule has 1 aromatic heterocycles. The Morgan fingerprint density at radius 3 is 2.74 bits per heavy atom. The van der Waals surface area contributed by atoms with Gasteiger partial charge >= 0.3 is 0 Å². The summed E-state index contributed by atoms with van der Waals surface area (Å²) >= 11 is 1.40. The van der Waals surface area contributed by atoms with E-state index in [4.69, 9.17) is 0 Å². The minimum atomic E-state index is -3.84. The summed E-state index contributed by atoms with van der Waals surface area (Å²) in [5.74, 6) is -0.873. The quantitative estimate of drug-likeness (QED) is 0.681. The Kier molecular flexibility index (Phi) is 5.54. The molecule has 3 rings (SSSR count). The number of sulfonamides is 1. The smallest absolute Gasteiger partial charge is 0.241 e. The SMILES string of the molecule is Cc1nc2ccc(S(=O)(=O)NCC(=O)N(C)Cc3ccccc3F)cc2s1. The number of hydrogen-bond acceptors (Lipinski definition) is 5. The average molecular weight is 407 g/mol. The maximum atomic E-state index is 13.7. The first-order chi connectivity index (χ1) is 12.8. The molecule has 1 heterocycles. The van der Waals surface area contributed by atoms with Gasteiger partial charge in [-0.1, -0.05) is 18.2 Å². The number of carbonyl (C=O) groups is 1. The molecule has 9 heteroatoms. The molecule has 0 atom stereocenters. The van der Waals surface area contributed by atoms with Gasteiger partial charge in [0.2, 0.25) is 15.9 Å². The van der Waals surface area contributed by atoms with E-state index >= 15 is 0 Å². The summed E-state index contributed by atoms with van der Waals surface area (Å²) in [4.78, 5) is 17.9. The highest BCUT2D eigenvalue weighted by Gasteiger charge is 2.19. The molecule has 142 valence electrons. The number of likely N-dealkylation sites (N-methyl/N-ethyl adjacent to an activating group) is 1. The largest absolute Gasteiger partial charge is 0.340 e. The van der Waals surface area contributed by atoms with Crippen LogP contribution in [0.4, 0.5) is 4.39 Å². The monoisotopic (exact) mass is 407 g/mol. The Bertz CT molecular complexity index is 1100. The van der Waals surface area contributed by atoms with E-state index in [1.54, 1.807) is 24.3 Å². The van der Waals surface area contributed by atoms with Crippen molar-refractivity contribution < 1.29 is 17.6 Å². The molecule has 0 saturated carbocycles. The number of halogens is 1. The van der Waals surface area contributed by atoms with Crippen LogP contribution in [0.2, 0.25) is 0 Å². The van der Waals surface area contributed by atoms with E-state index in [2.05, 4.69) is 9.71 Å². The van der Waals surface area contributed by atoms with Crippen LogP contribution in [0.3, 0.4) is 0 Å². The van der Waals surface area contributed by atoms with Crippen molar-refractivity contribution in [1.29, 1.82) is 0 Å². The van der Waals surface area contributed by atoms with Crippen molar-refractivity contribution in [3.05, 3.63) is 58.9 Å². The Labute approximate surface area is 160 Å². The summed E-state index contributed by atoms with van der Waals surface area (Å²) in [6.45, 7) is 1.49. The summed E-state index contributed by atoms with van der Waals surface area (Å²) in [7, 11) is -2.35. The number of thiazole rings is 1. The fourth-order valence-electron chi connectivity index (χ4n) is 2.53. The average Bonchev–Trinajstić information content (AvgIpc) is 3.00. The predicted molar refractivity (Wildman–Crippen MR) is 102 cm³/mol. The fraction of sp³-hybridized carbons (Fsp3) is 0.222.